The van der Waals surface area contributed by atoms with Gasteiger partial charge >= 0.3 is 0 Å². The van der Waals surface area contributed by atoms with Gasteiger partial charge in [0.15, 0.2) is 0 Å². The SMILES string of the molecule is N#Cc1ccc(S(=O)(=O)N2CCC[C@H](O)C2)s1. The molecule has 1 aliphatic heterocycles. The maximum Gasteiger partial charge on any atom is 0.252 e. The summed E-state index contributed by atoms with van der Waals surface area (Å²) in [6.45, 7) is 0.571. The zero-order valence-corrected chi connectivity index (χ0v) is 10.7. The Morgan fingerprint density at radius 1 is 1.53 bits per heavy atom. The van der Waals surface area contributed by atoms with Crippen molar-refractivity contribution in [3.63, 3.8) is 0 Å². The van der Waals surface area contributed by atoms with Gasteiger partial charge in [0.2, 0.25) is 0 Å². The van der Waals surface area contributed by atoms with E-state index in [-0.39, 0.29) is 10.8 Å². The van der Waals surface area contributed by atoms with Gasteiger partial charge in [-0.25, -0.2) is 8.42 Å². The largest absolute Gasteiger partial charge is 0.392 e. The predicted molar refractivity (Wildman–Crippen MR) is 63.0 cm³/mol. The predicted octanol–water partition coefficient (Wildman–Crippen LogP) is 0.765. The third kappa shape index (κ3) is 2.50. The average molecular weight is 272 g/mol. The molecule has 0 saturated carbocycles. The van der Waals surface area contributed by atoms with E-state index < -0.39 is 16.1 Å². The van der Waals surface area contributed by atoms with E-state index in [1.165, 1.54) is 16.4 Å². The zero-order valence-electron chi connectivity index (χ0n) is 9.04. The standard InChI is InChI=1S/C10H12N2O3S2/c11-6-9-3-4-10(16-9)17(14,15)12-5-1-2-8(13)7-12/h3-4,8,13H,1-2,5,7H2/t8-/m0/s1. The highest BCUT2D eigenvalue weighted by Crippen LogP contribution is 2.26. The van der Waals surface area contributed by atoms with Gasteiger partial charge in [0.25, 0.3) is 10.0 Å². The number of nitrogens with zero attached hydrogens (tertiary/aromatic N) is 2. The van der Waals surface area contributed by atoms with E-state index in [1.807, 2.05) is 6.07 Å². The van der Waals surface area contributed by atoms with Crippen LogP contribution < -0.4 is 0 Å². The van der Waals surface area contributed by atoms with Crippen LogP contribution in [0.3, 0.4) is 0 Å². The third-order valence-corrected chi connectivity index (χ3v) is 5.97. The summed E-state index contributed by atoms with van der Waals surface area (Å²) >= 11 is 0.962. The lowest BCUT2D eigenvalue weighted by atomic mass is 10.1. The molecule has 1 atom stereocenters. The molecule has 1 saturated heterocycles. The van der Waals surface area contributed by atoms with Crippen molar-refractivity contribution in [2.75, 3.05) is 13.1 Å². The van der Waals surface area contributed by atoms with Gasteiger partial charge in [0, 0.05) is 13.1 Å². The minimum Gasteiger partial charge on any atom is -0.392 e. The Labute approximate surface area is 104 Å². The molecule has 0 bridgehead atoms. The van der Waals surface area contributed by atoms with E-state index in [0.29, 0.717) is 24.3 Å². The fourth-order valence-corrected chi connectivity index (χ4v) is 4.56. The molecule has 5 nitrogen and oxygen atoms in total. The Balaban J connectivity index is 2.27. The fraction of sp³-hybridized carbons (Fsp3) is 0.500. The minimum absolute atomic E-state index is 0.141. The number of sulfonamides is 1. The molecular weight excluding hydrogens is 260 g/mol. The summed E-state index contributed by atoms with van der Waals surface area (Å²) in [7, 11) is -3.54. The summed E-state index contributed by atoms with van der Waals surface area (Å²) in [5.74, 6) is 0. The van der Waals surface area contributed by atoms with Gasteiger partial charge < -0.3 is 5.11 Å². The summed E-state index contributed by atoms with van der Waals surface area (Å²) in [6, 6.07) is 4.86. The fourth-order valence-electron chi connectivity index (χ4n) is 1.79. The van der Waals surface area contributed by atoms with Crippen molar-refractivity contribution in [2.24, 2.45) is 0 Å². The minimum atomic E-state index is -3.54. The van der Waals surface area contributed by atoms with Crippen LogP contribution >= 0.6 is 11.3 Å². The molecule has 2 rings (SSSR count). The van der Waals surface area contributed by atoms with Gasteiger partial charge in [-0.1, -0.05) is 0 Å². The summed E-state index contributed by atoms with van der Waals surface area (Å²) < 4.78 is 25.8. The highest BCUT2D eigenvalue weighted by molar-refractivity contribution is 7.91. The lowest BCUT2D eigenvalue weighted by Crippen LogP contribution is -2.41. The number of hydrogen-bond acceptors (Lipinski definition) is 5. The number of piperidine rings is 1. The number of aliphatic hydroxyl groups excluding tert-OH is 1. The number of thiophene rings is 1. The van der Waals surface area contributed by atoms with E-state index in [4.69, 9.17) is 5.26 Å². The van der Waals surface area contributed by atoms with E-state index in [2.05, 4.69) is 0 Å². The smallest absolute Gasteiger partial charge is 0.252 e. The molecule has 0 unspecified atom stereocenters. The first kappa shape index (κ1) is 12.5. The molecule has 2 heterocycles. The summed E-state index contributed by atoms with van der Waals surface area (Å²) in [5.41, 5.74) is 0. The summed E-state index contributed by atoms with van der Waals surface area (Å²) in [6.07, 6.45) is 0.713. The molecule has 1 fully saturated rings. The monoisotopic (exact) mass is 272 g/mol. The Morgan fingerprint density at radius 2 is 2.29 bits per heavy atom. The van der Waals surface area contributed by atoms with E-state index in [1.54, 1.807) is 0 Å². The molecule has 0 aliphatic carbocycles. The van der Waals surface area contributed by atoms with Crippen molar-refractivity contribution in [1.29, 1.82) is 5.26 Å². The van der Waals surface area contributed by atoms with E-state index in [9.17, 15) is 13.5 Å². The average Bonchev–Trinajstić information content (AvgIpc) is 2.78. The molecule has 1 aromatic heterocycles. The Hall–Kier alpha value is -0.940. The summed E-state index contributed by atoms with van der Waals surface area (Å²) in [4.78, 5) is 0.376. The van der Waals surface area contributed by atoms with Gasteiger partial charge in [-0.3, -0.25) is 0 Å². The lowest BCUT2D eigenvalue weighted by Gasteiger charge is -2.28. The molecule has 0 radical (unpaired) electrons. The normalized spacial score (nSPS) is 22.2. The van der Waals surface area contributed by atoms with Crippen molar-refractivity contribution >= 4 is 21.4 Å². The van der Waals surface area contributed by atoms with Crippen LogP contribution in [0.5, 0.6) is 0 Å². The van der Waals surface area contributed by atoms with Crippen LogP contribution in [0.1, 0.15) is 17.7 Å². The van der Waals surface area contributed by atoms with Crippen molar-refractivity contribution in [1.82, 2.24) is 4.31 Å². The number of aliphatic hydroxyl groups is 1. The number of nitriles is 1. The van der Waals surface area contributed by atoms with Gasteiger partial charge in [0.05, 0.1) is 6.10 Å². The van der Waals surface area contributed by atoms with Crippen molar-refractivity contribution in [3.8, 4) is 6.07 Å². The molecule has 92 valence electrons. The first-order valence-electron chi connectivity index (χ1n) is 5.22. The number of hydrogen-bond donors (Lipinski definition) is 1. The van der Waals surface area contributed by atoms with Crippen molar-refractivity contribution in [3.05, 3.63) is 17.0 Å². The van der Waals surface area contributed by atoms with Crippen LogP contribution in [0.15, 0.2) is 16.3 Å². The Bertz CT molecular complexity index is 544. The Morgan fingerprint density at radius 3 is 2.88 bits per heavy atom. The molecule has 1 aromatic rings. The lowest BCUT2D eigenvalue weighted by molar-refractivity contribution is 0.108. The number of β-amino-alcohol motifs (C(OH)–C–C–N with tert-alkyl or cyclic N) is 1. The number of rotatable bonds is 2. The molecule has 0 aromatic carbocycles. The van der Waals surface area contributed by atoms with Crippen LogP contribution in [-0.2, 0) is 10.0 Å². The first-order chi connectivity index (χ1) is 8.04. The highest BCUT2D eigenvalue weighted by Gasteiger charge is 2.30. The molecule has 7 heteroatoms. The van der Waals surface area contributed by atoms with E-state index in [0.717, 1.165) is 11.3 Å². The van der Waals surface area contributed by atoms with Crippen molar-refractivity contribution < 1.29 is 13.5 Å². The molecule has 1 aliphatic rings. The molecular formula is C10H12N2O3S2. The first-order valence-corrected chi connectivity index (χ1v) is 7.48. The second-order valence-corrected chi connectivity index (χ2v) is 7.14. The van der Waals surface area contributed by atoms with Gasteiger partial charge in [-0.15, -0.1) is 11.3 Å². The van der Waals surface area contributed by atoms with Crippen LogP contribution in [0.4, 0.5) is 0 Å². The van der Waals surface area contributed by atoms with E-state index >= 15 is 0 Å². The topological polar surface area (TPSA) is 81.4 Å². The van der Waals surface area contributed by atoms with Gasteiger partial charge in [-0.2, -0.15) is 9.57 Å². The van der Waals surface area contributed by atoms with Gasteiger partial charge in [-0.05, 0) is 25.0 Å². The molecule has 17 heavy (non-hydrogen) atoms. The molecule has 0 amide bonds. The van der Waals surface area contributed by atoms with Crippen LogP contribution in [0.2, 0.25) is 0 Å². The zero-order chi connectivity index (χ0) is 12.5. The van der Waals surface area contributed by atoms with Crippen LogP contribution in [-0.4, -0.2) is 37.0 Å². The Kier molecular flexibility index (Phi) is 3.49. The van der Waals surface area contributed by atoms with Gasteiger partial charge in [0.1, 0.15) is 15.2 Å². The quantitative estimate of drug-likeness (QED) is 0.862. The summed E-state index contributed by atoms with van der Waals surface area (Å²) in [5, 5.41) is 18.2. The molecule has 0 spiro atoms. The third-order valence-electron chi connectivity index (χ3n) is 2.64. The second-order valence-electron chi connectivity index (χ2n) is 3.89. The maximum atomic E-state index is 12.2. The van der Waals surface area contributed by atoms with Crippen molar-refractivity contribution in [2.45, 2.75) is 23.2 Å². The van der Waals surface area contributed by atoms with Crippen LogP contribution in [0, 0.1) is 11.3 Å². The maximum absolute atomic E-state index is 12.2. The molecule has 1 N–H and O–H groups in total. The van der Waals surface area contributed by atoms with Crippen LogP contribution in [0.25, 0.3) is 0 Å². The highest BCUT2D eigenvalue weighted by atomic mass is 32.2. The second kappa shape index (κ2) is 4.74.